The summed E-state index contributed by atoms with van der Waals surface area (Å²) in [7, 11) is 3.07. The van der Waals surface area contributed by atoms with E-state index in [1.165, 1.54) is 29.8 Å². The van der Waals surface area contributed by atoms with Gasteiger partial charge >= 0.3 is 0 Å². The molecule has 1 aliphatic heterocycles. The van der Waals surface area contributed by atoms with Crippen molar-refractivity contribution in [2.75, 3.05) is 45.3 Å². The molecule has 0 bridgehead atoms. The first kappa shape index (κ1) is 31.2. The number of amides is 2. The van der Waals surface area contributed by atoms with Gasteiger partial charge < -0.3 is 29.6 Å². The molecule has 0 aliphatic carbocycles. The van der Waals surface area contributed by atoms with Crippen molar-refractivity contribution >= 4 is 17.6 Å². The Bertz CT molecular complexity index is 1640. The van der Waals surface area contributed by atoms with Crippen LogP contribution in [0.25, 0.3) is 11.1 Å². The van der Waals surface area contributed by atoms with Crippen LogP contribution in [0.2, 0.25) is 0 Å². The second-order valence-electron chi connectivity index (χ2n) is 9.82. The number of nitrogens with zero attached hydrogens (tertiary/aromatic N) is 4. The third kappa shape index (κ3) is 7.19. The van der Waals surface area contributed by atoms with Crippen molar-refractivity contribution in [1.29, 1.82) is 5.26 Å². The zero-order valence-electron chi connectivity index (χ0n) is 23.7. The highest BCUT2D eigenvalue weighted by molar-refractivity contribution is 6.05. The van der Waals surface area contributed by atoms with Crippen molar-refractivity contribution < 1.29 is 32.2 Å². The summed E-state index contributed by atoms with van der Waals surface area (Å²) >= 11 is 0. The van der Waals surface area contributed by atoms with Crippen molar-refractivity contribution in [2.24, 2.45) is 7.05 Å². The van der Waals surface area contributed by atoms with Crippen molar-refractivity contribution in [1.82, 2.24) is 19.8 Å². The number of nitrogens with one attached hydrogen (secondary N) is 2. The number of carbonyl (C=O) groups is 2. The van der Waals surface area contributed by atoms with Gasteiger partial charge in [0, 0.05) is 45.1 Å². The lowest BCUT2D eigenvalue weighted by Gasteiger charge is -2.39. The molecule has 3 aromatic rings. The number of hydrogen-bond donors (Lipinski definition) is 2. The van der Waals surface area contributed by atoms with E-state index in [0.717, 1.165) is 17.0 Å². The number of anilines is 1. The molecule has 1 saturated heterocycles. The highest BCUT2D eigenvalue weighted by Gasteiger charge is 2.47. The monoisotopic (exact) mass is 598 g/mol. The molecule has 2 N–H and O–H groups in total. The molecule has 43 heavy (non-hydrogen) atoms. The minimum absolute atomic E-state index is 0.0235. The second-order valence-corrected chi connectivity index (χ2v) is 9.82. The Morgan fingerprint density at radius 2 is 1.91 bits per heavy atom. The van der Waals surface area contributed by atoms with Gasteiger partial charge in [-0.05, 0) is 42.3 Å². The number of aryl methyl sites for hydroxylation is 1. The van der Waals surface area contributed by atoms with Crippen molar-refractivity contribution in [3.63, 3.8) is 0 Å². The topological polar surface area (TPSA) is 139 Å². The lowest BCUT2D eigenvalue weighted by atomic mass is 9.95. The minimum atomic E-state index is -3.06. The van der Waals surface area contributed by atoms with Crippen LogP contribution in [-0.4, -0.2) is 72.1 Å². The van der Waals surface area contributed by atoms with E-state index in [1.54, 1.807) is 26.3 Å². The summed E-state index contributed by atoms with van der Waals surface area (Å²) in [6.45, 7) is 1.51. The average molecular weight is 599 g/mol. The number of methoxy groups -OCH3 is 1. The molecule has 0 saturated carbocycles. The van der Waals surface area contributed by atoms with Crippen LogP contribution in [-0.2, 0) is 18.3 Å². The van der Waals surface area contributed by atoms with Gasteiger partial charge in [-0.25, -0.2) is 13.2 Å². The standard InChI is InChI=1S/C29H29F3N6O5/c1-4-43-24-11-19(25-20(7-17(12-33)9-22(25)30)28(41)38-15-29(31,32)16-38)10-23(35-24)36-26(39)21-8-18(13-34-5-6-42-3)14-37(2)27(21)40/h7-11,14,34H,4-6,13,15-16H2,1-3H3,(H,35,36,39). The summed E-state index contributed by atoms with van der Waals surface area (Å²) in [5.74, 6) is -5.90. The van der Waals surface area contributed by atoms with Gasteiger partial charge in [-0.1, -0.05) is 0 Å². The predicted octanol–water partition coefficient (Wildman–Crippen LogP) is 2.94. The number of halogens is 3. The van der Waals surface area contributed by atoms with Gasteiger partial charge in [0.05, 0.1) is 43.5 Å². The third-order valence-corrected chi connectivity index (χ3v) is 6.50. The first-order valence-corrected chi connectivity index (χ1v) is 13.2. The van der Waals surface area contributed by atoms with Crippen molar-refractivity contribution in [2.45, 2.75) is 19.4 Å². The highest BCUT2D eigenvalue weighted by Crippen LogP contribution is 2.35. The summed E-state index contributed by atoms with van der Waals surface area (Å²) in [5, 5.41) is 15.0. The number of aromatic nitrogens is 2. The molecular weight excluding hydrogens is 569 g/mol. The predicted molar refractivity (Wildman–Crippen MR) is 150 cm³/mol. The molecule has 4 rings (SSSR count). The van der Waals surface area contributed by atoms with Crippen LogP contribution in [0.15, 0.2) is 41.3 Å². The zero-order chi connectivity index (χ0) is 31.3. The summed E-state index contributed by atoms with van der Waals surface area (Å²) in [5.41, 5.74) is -0.875. The number of benzene rings is 1. The molecule has 2 amide bonds. The number of likely N-dealkylation sites (tertiary alicyclic amines) is 1. The van der Waals surface area contributed by atoms with Crippen molar-refractivity contribution in [3.05, 3.63) is 75.0 Å². The average Bonchev–Trinajstić information content (AvgIpc) is 2.94. The molecule has 0 atom stereocenters. The number of nitriles is 1. The van der Waals surface area contributed by atoms with Crippen LogP contribution >= 0.6 is 0 Å². The van der Waals surface area contributed by atoms with E-state index >= 15 is 4.39 Å². The van der Waals surface area contributed by atoms with Crippen LogP contribution < -0.4 is 20.9 Å². The van der Waals surface area contributed by atoms with E-state index in [1.807, 2.05) is 0 Å². The maximum atomic E-state index is 15.5. The van der Waals surface area contributed by atoms with Gasteiger partial charge in [0.25, 0.3) is 23.3 Å². The van der Waals surface area contributed by atoms with Gasteiger partial charge in [0.15, 0.2) is 0 Å². The molecule has 3 heterocycles. The van der Waals surface area contributed by atoms with Gasteiger partial charge in [-0.15, -0.1) is 0 Å². The molecule has 0 spiro atoms. The highest BCUT2D eigenvalue weighted by atomic mass is 19.3. The molecule has 226 valence electrons. The lowest BCUT2D eigenvalue weighted by molar-refractivity contribution is -0.113. The van der Waals surface area contributed by atoms with Gasteiger partial charge in [0.1, 0.15) is 17.2 Å². The largest absolute Gasteiger partial charge is 0.478 e. The smallest absolute Gasteiger partial charge is 0.282 e. The SMILES string of the molecule is CCOc1cc(-c2c(F)cc(C#N)cc2C(=O)N2CC(F)(F)C2)cc(NC(=O)c2cc(CNCCOC)cn(C)c2=O)n1. The van der Waals surface area contributed by atoms with E-state index in [9.17, 15) is 28.4 Å². The van der Waals surface area contributed by atoms with Crippen LogP contribution in [0, 0.1) is 17.1 Å². The molecule has 11 nitrogen and oxygen atoms in total. The zero-order valence-corrected chi connectivity index (χ0v) is 23.7. The van der Waals surface area contributed by atoms with Crippen LogP contribution in [0.5, 0.6) is 5.88 Å². The Morgan fingerprint density at radius 1 is 1.16 bits per heavy atom. The summed E-state index contributed by atoms with van der Waals surface area (Å²) < 4.78 is 54.3. The summed E-state index contributed by atoms with van der Waals surface area (Å²) in [6, 6.07) is 7.79. The van der Waals surface area contributed by atoms with E-state index < -0.39 is 42.2 Å². The quantitative estimate of drug-likeness (QED) is 0.322. The fourth-order valence-electron chi connectivity index (χ4n) is 4.53. The number of pyridine rings is 2. The van der Waals surface area contributed by atoms with Crippen LogP contribution in [0.1, 0.15) is 38.8 Å². The molecular formula is C29H29F3N6O5. The van der Waals surface area contributed by atoms with Crippen LogP contribution in [0.3, 0.4) is 0 Å². The Morgan fingerprint density at radius 3 is 2.56 bits per heavy atom. The number of hydrogen-bond acceptors (Lipinski definition) is 8. The Labute approximate surface area is 244 Å². The van der Waals surface area contributed by atoms with Gasteiger partial charge in [0.2, 0.25) is 5.88 Å². The number of carbonyl (C=O) groups excluding carboxylic acids is 2. The van der Waals surface area contributed by atoms with Gasteiger partial charge in [-0.3, -0.25) is 14.4 Å². The fraction of sp³-hybridized carbons (Fsp3) is 0.345. The molecule has 0 radical (unpaired) electrons. The Balaban J connectivity index is 1.72. The molecule has 14 heteroatoms. The van der Waals surface area contributed by atoms with Crippen molar-refractivity contribution in [3.8, 4) is 23.1 Å². The van der Waals surface area contributed by atoms with Crippen LogP contribution in [0.4, 0.5) is 19.0 Å². The molecule has 1 fully saturated rings. The maximum Gasteiger partial charge on any atom is 0.282 e. The number of ether oxygens (including phenoxy) is 2. The van der Waals surface area contributed by atoms with Gasteiger partial charge in [-0.2, -0.15) is 10.2 Å². The lowest BCUT2D eigenvalue weighted by Crippen LogP contribution is -2.58. The Hall–Kier alpha value is -4.74. The molecule has 0 unspecified atom stereocenters. The fourth-order valence-corrected chi connectivity index (χ4v) is 4.53. The van der Waals surface area contributed by atoms with E-state index in [0.29, 0.717) is 25.3 Å². The van der Waals surface area contributed by atoms with E-state index in [4.69, 9.17) is 9.47 Å². The summed E-state index contributed by atoms with van der Waals surface area (Å²) in [6.07, 6.45) is 1.59. The Kier molecular flexibility index (Phi) is 9.47. The number of alkyl halides is 2. The maximum absolute atomic E-state index is 15.5. The van der Waals surface area contributed by atoms with E-state index in [2.05, 4.69) is 15.6 Å². The first-order chi connectivity index (χ1) is 20.5. The summed E-state index contributed by atoms with van der Waals surface area (Å²) in [4.78, 5) is 44.3. The normalized spacial score (nSPS) is 13.7. The molecule has 1 aliphatic rings. The molecule has 2 aromatic heterocycles. The second kappa shape index (κ2) is 13.1. The minimum Gasteiger partial charge on any atom is -0.478 e. The number of rotatable bonds is 11. The van der Waals surface area contributed by atoms with E-state index in [-0.39, 0.29) is 46.1 Å². The third-order valence-electron chi connectivity index (χ3n) is 6.50. The first-order valence-electron chi connectivity index (χ1n) is 13.2. The molecule has 1 aromatic carbocycles.